The monoisotopic (exact) mass is 555 g/mol. The van der Waals surface area contributed by atoms with Crippen LogP contribution in [0.1, 0.15) is 30.5 Å². The molecule has 210 valence electrons. The zero-order chi connectivity index (χ0) is 28.0. The highest BCUT2D eigenvalue weighted by Gasteiger charge is 2.28. The maximum absolute atomic E-state index is 13.3. The van der Waals surface area contributed by atoms with E-state index < -0.39 is 5.60 Å². The van der Waals surface area contributed by atoms with Crippen molar-refractivity contribution in [3.05, 3.63) is 78.4 Å². The van der Waals surface area contributed by atoms with E-state index in [4.69, 9.17) is 4.74 Å². The van der Waals surface area contributed by atoms with Crippen LogP contribution in [0.25, 0.3) is 22.3 Å². The zero-order valence-electron chi connectivity index (χ0n) is 22.6. The molecule has 0 radical (unpaired) electrons. The number of benzene rings is 1. The molecule has 2 aliphatic heterocycles. The minimum Gasteiger partial charge on any atom is -0.381 e. The third kappa shape index (κ3) is 4.78. The molecule has 0 bridgehead atoms. The lowest BCUT2D eigenvalue weighted by molar-refractivity contribution is 0.101. The van der Waals surface area contributed by atoms with Gasteiger partial charge in [-0.05, 0) is 37.1 Å². The number of fused-ring (bicyclic) bond motifs is 1. The van der Waals surface area contributed by atoms with E-state index in [2.05, 4.69) is 52.1 Å². The summed E-state index contributed by atoms with van der Waals surface area (Å²) in [4.78, 5) is 26.0. The second-order valence-corrected chi connectivity index (χ2v) is 10.7. The van der Waals surface area contributed by atoms with Crippen molar-refractivity contribution in [2.75, 3.05) is 49.2 Å². The van der Waals surface area contributed by atoms with Gasteiger partial charge in [-0.25, -0.2) is 24.3 Å². The Morgan fingerprint density at radius 1 is 0.976 bits per heavy atom. The Kier molecular flexibility index (Phi) is 6.36. The first kappa shape index (κ1) is 25.5. The molecule has 6 heterocycles. The van der Waals surface area contributed by atoms with Gasteiger partial charge in [-0.2, -0.15) is 5.10 Å². The molecule has 4 aromatic heterocycles. The van der Waals surface area contributed by atoms with Gasteiger partial charge in [0, 0.05) is 62.5 Å². The molecule has 2 saturated heterocycles. The van der Waals surface area contributed by atoms with Gasteiger partial charge < -0.3 is 24.6 Å². The van der Waals surface area contributed by atoms with Gasteiger partial charge in [0.2, 0.25) is 5.95 Å². The molecule has 1 aromatic carbocycles. The SMILES string of the molecule is CC(O)(c1ccc(F)cc1)c1cnc(N2CCN(c3ncnc4[nH]c(-c5cnn([C@@H]6CCOC6)c5)cc34)CC2)nc1. The van der Waals surface area contributed by atoms with Crippen LogP contribution in [0.5, 0.6) is 0 Å². The summed E-state index contributed by atoms with van der Waals surface area (Å²) in [5.74, 6) is 1.14. The molecule has 5 aromatic rings. The van der Waals surface area contributed by atoms with Crippen LogP contribution < -0.4 is 9.80 Å². The summed E-state index contributed by atoms with van der Waals surface area (Å²) >= 11 is 0. The number of ether oxygens (including phenoxy) is 1. The number of aromatic nitrogens is 7. The zero-order valence-corrected chi connectivity index (χ0v) is 22.6. The van der Waals surface area contributed by atoms with Crippen molar-refractivity contribution in [3.8, 4) is 11.3 Å². The molecule has 41 heavy (non-hydrogen) atoms. The van der Waals surface area contributed by atoms with E-state index in [0.29, 0.717) is 36.8 Å². The van der Waals surface area contributed by atoms with E-state index in [-0.39, 0.29) is 11.9 Å². The predicted octanol–water partition coefficient (Wildman–Crippen LogP) is 3.29. The number of hydrogen-bond acceptors (Lipinski definition) is 9. The van der Waals surface area contributed by atoms with E-state index >= 15 is 0 Å². The first-order chi connectivity index (χ1) is 20.0. The average Bonchev–Trinajstić information content (AvgIpc) is 3.78. The molecule has 0 amide bonds. The van der Waals surface area contributed by atoms with E-state index in [1.54, 1.807) is 37.8 Å². The number of H-pyrrole nitrogens is 1. The highest BCUT2D eigenvalue weighted by atomic mass is 19.1. The minimum atomic E-state index is -1.33. The van der Waals surface area contributed by atoms with Gasteiger partial charge in [-0.3, -0.25) is 4.68 Å². The van der Waals surface area contributed by atoms with Crippen LogP contribution in [0.2, 0.25) is 0 Å². The van der Waals surface area contributed by atoms with E-state index in [1.165, 1.54) is 12.1 Å². The molecule has 12 heteroatoms. The lowest BCUT2D eigenvalue weighted by Gasteiger charge is -2.35. The van der Waals surface area contributed by atoms with E-state index in [0.717, 1.165) is 54.2 Å². The van der Waals surface area contributed by atoms with Gasteiger partial charge in [-0.1, -0.05) is 12.1 Å². The van der Waals surface area contributed by atoms with Crippen molar-refractivity contribution >= 4 is 22.8 Å². The lowest BCUT2D eigenvalue weighted by atomic mass is 9.90. The number of halogens is 1. The first-order valence-corrected chi connectivity index (χ1v) is 13.7. The van der Waals surface area contributed by atoms with Crippen LogP contribution in [0.15, 0.2) is 61.4 Å². The Labute approximate surface area is 235 Å². The van der Waals surface area contributed by atoms with Crippen LogP contribution in [0, 0.1) is 5.82 Å². The molecule has 0 saturated carbocycles. The third-order valence-corrected chi connectivity index (χ3v) is 8.07. The summed E-state index contributed by atoms with van der Waals surface area (Å²) in [5, 5.41) is 16.6. The van der Waals surface area contributed by atoms with Crippen molar-refractivity contribution in [1.82, 2.24) is 34.7 Å². The van der Waals surface area contributed by atoms with Crippen LogP contribution in [-0.2, 0) is 10.3 Å². The highest BCUT2D eigenvalue weighted by Crippen LogP contribution is 2.31. The van der Waals surface area contributed by atoms with Crippen molar-refractivity contribution < 1.29 is 14.2 Å². The fraction of sp³-hybridized carbons (Fsp3) is 0.345. The van der Waals surface area contributed by atoms with Crippen LogP contribution >= 0.6 is 0 Å². The fourth-order valence-electron chi connectivity index (χ4n) is 5.54. The van der Waals surface area contributed by atoms with Crippen LogP contribution in [0.4, 0.5) is 16.2 Å². The minimum absolute atomic E-state index is 0.280. The predicted molar refractivity (Wildman–Crippen MR) is 151 cm³/mol. The number of hydrogen-bond donors (Lipinski definition) is 2. The summed E-state index contributed by atoms with van der Waals surface area (Å²) in [6, 6.07) is 8.18. The Hall–Kier alpha value is -4.42. The maximum atomic E-state index is 13.3. The lowest BCUT2D eigenvalue weighted by Crippen LogP contribution is -2.47. The Balaban J connectivity index is 1.05. The van der Waals surface area contributed by atoms with Gasteiger partial charge in [0.1, 0.15) is 29.2 Å². The normalized spacial score (nSPS) is 19.1. The van der Waals surface area contributed by atoms with E-state index in [1.807, 2.05) is 10.9 Å². The number of rotatable bonds is 6. The second kappa shape index (κ2) is 10.2. The number of aromatic amines is 1. The van der Waals surface area contributed by atoms with Gasteiger partial charge >= 0.3 is 0 Å². The number of aliphatic hydroxyl groups is 1. The molecule has 7 rings (SSSR count). The van der Waals surface area contributed by atoms with Crippen LogP contribution in [0.3, 0.4) is 0 Å². The summed E-state index contributed by atoms with van der Waals surface area (Å²) in [6.07, 6.45) is 9.77. The number of piperazine rings is 1. The van der Waals surface area contributed by atoms with Crippen molar-refractivity contribution in [3.63, 3.8) is 0 Å². The van der Waals surface area contributed by atoms with Gasteiger partial charge in [0.05, 0.1) is 29.9 Å². The number of anilines is 2. The van der Waals surface area contributed by atoms with Gasteiger partial charge in [0.25, 0.3) is 0 Å². The standard InChI is InChI=1S/C29H30FN9O2/c1-29(40,20-2-4-22(30)5-3-20)21-14-31-28(32-15-21)38-9-7-37(8-10-38)27-24-12-25(36-26(24)33-18-34-27)19-13-35-39(16-19)23-6-11-41-17-23/h2-5,12-16,18,23,40H,6-11,17H2,1H3,(H,33,34,36)/t23-,29?/m1/s1. The summed E-state index contributed by atoms with van der Waals surface area (Å²) in [7, 11) is 0. The third-order valence-electron chi connectivity index (χ3n) is 8.07. The molecule has 2 fully saturated rings. The van der Waals surface area contributed by atoms with Gasteiger partial charge in [0.15, 0.2) is 0 Å². The van der Waals surface area contributed by atoms with Crippen molar-refractivity contribution in [1.29, 1.82) is 0 Å². The van der Waals surface area contributed by atoms with Crippen molar-refractivity contribution in [2.45, 2.75) is 25.0 Å². The summed E-state index contributed by atoms with van der Waals surface area (Å²) < 4.78 is 20.8. The quantitative estimate of drug-likeness (QED) is 0.325. The van der Waals surface area contributed by atoms with E-state index in [9.17, 15) is 9.50 Å². The highest BCUT2D eigenvalue weighted by molar-refractivity contribution is 5.91. The molecule has 0 aliphatic carbocycles. The van der Waals surface area contributed by atoms with Crippen molar-refractivity contribution in [2.24, 2.45) is 0 Å². The summed E-state index contributed by atoms with van der Waals surface area (Å²) in [5.41, 5.74) is 2.53. The second-order valence-electron chi connectivity index (χ2n) is 10.7. The van der Waals surface area contributed by atoms with Gasteiger partial charge in [-0.15, -0.1) is 0 Å². The summed E-state index contributed by atoms with van der Waals surface area (Å²) in [6.45, 7) is 6.04. The largest absolute Gasteiger partial charge is 0.381 e. The smallest absolute Gasteiger partial charge is 0.225 e. The Morgan fingerprint density at radius 2 is 1.73 bits per heavy atom. The number of nitrogens with one attached hydrogen (secondary N) is 1. The molecule has 11 nitrogen and oxygen atoms in total. The molecular weight excluding hydrogens is 525 g/mol. The molecule has 2 atom stereocenters. The number of nitrogens with zero attached hydrogens (tertiary/aromatic N) is 8. The molecule has 1 unspecified atom stereocenters. The maximum Gasteiger partial charge on any atom is 0.225 e. The fourth-order valence-corrected chi connectivity index (χ4v) is 5.54. The average molecular weight is 556 g/mol. The molecule has 2 aliphatic rings. The first-order valence-electron chi connectivity index (χ1n) is 13.7. The molecule has 0 spiro atoms. The Morgan fingerprint density at radius 3 is 2.46 bits per heavy atom. The van der Waals surface area contributed by atoms with Crippen LogP contribution in [-0.4, -0.2) is 79.2 Å². The Bertz CT molecular complexity index is 1650. The molecule has 2 N–H and O–H groups in total. The topological polar surface area (TPSA) is 121 Å². The molecular formula is C29H30FN9O2.